The quantitative estimate of drug-likeness (QED) is 0.715. The van der Waals surface area contributed by atoms with Gasteiger partial charge in [0.2, 0.25) is 5.91 Å². The second-order valence-corrected chi connectivity index (χ2v) is 4.64. The third-order valence-electron chi connectivity index (χ3n) is 3.22. The molecule has 1 heterocycles. The lowest BCUT2D eigenvalue weighted by Gasteiger charge is -2.07. The lowest BCUT2D eigenvalue weighted by molar-refractivity contribution is -0.116. The van der Waals surface area contributed by atoms with E-state index in [9.17, 15) is 4.79 Å². The Morgan fingerprint density at radius 3 is 2.65 bits per heavy atom. The summed E-state index contributed by atoms with van der Waals surface area (Å²) >= 11 is 0. The Kier molecular flexibility index (Phi) is 3.13. The zero-order chi connectivity index (χ0) is 13.9. The molecule has 0 saturated heterocycles. The van der Waals surface area contributed by atoms with Gasteiger partial charge >= 0.3 is 0 Å². The maximum Gasteiger partial charge on any atom is 0.244 e. The van der Waals surface area contributed by atoms with E-state index < -0.39 is 0 Å². The number of nitrogens with zero attached hydrogens (tertiary/aromatic N) is 1. The maximum atomic E-state index is 12.0. The molecule has 0 unspecified atom stereocenters. The highest BCUT2D eigenvalue weighted by Crippen LogP contribution is 2.21. The molecule has 20 heavy (non-hydrogen) atoms. The lowest BCUT2D eigenvalue weighted by atomic mass is 10.2. The Hall–Kier alpha value is -2.75. The molecule has 0 spiro atoms. The summed E-state index contributed by atoms with van der Waals surface area (Å²) in [6, 6.07) is 17.1. The van der Waals surface area contributed by atoms with E-state index in [0.29, 0.717) is 0 Å². The Morgan fingerprint density at radius 1 is 1.05 bits per heavy atom. The average Bonchev–Trinajstić information content (AvgIpc) is 2.84. The summed E-state index contributed by atoms with van der Waals surface area (Å²) in [4.78, 5) is 12.0. The van der Waals surface area contributed by atoms with E-state index in [4.69, 9.17) is 5.73 Å². The molecule has 4 nitrogen and oxygen atoms in total. The molecule has 3 rings (SSSR count). The number of benzene rings is 2. The molecular formula is C16H15N3O. The Labute approximate surface area is 116 Å². The molecule has 0 bridgehead atoms. The maximum absolute atomic E-state index is 12.0. The number of nitrogens with two attached hydrogens (primary N) is 1. The van der Waals surface area contributed by atoms with Crippen molar-refractivity contribution in [2.45, 2.75) is 6.54 Å². The summed E-state index contributed by atoms with van der Waals surface area (Å²) in [5.74, 6) is -0.0591. The lowest BCUT2D eigenvalue weighted by Crippen LogP contribution is -2.18. The first-order valence-electron chi connectivity index (χ1n) is 6.42. The van der Waals surface area contributed by atoms with Crippen LogP contribution in [0.4, 0.5) is 11.4 Å². The van der Waals surface area contributed by atoms with Gasteiger partial charge in [0, 0.05) is 23.0 Å². The van der Waals surface area contributed by atoms with Crippen LogP contribution in [0.3, 0.4) is 0 Å². The van der Waals surface area contributed by atoms with Crippen LogP contribution in [0.5, 0.6) is 0 Å². The largest absolute Gasteiger partial charge is 0.398 e. The molecule has 0 aliphatic rings. The van der Waals surface area contributed by atoms with Crippen molar-refractivity contribution < 1.29 is 4.79 Å². The number of carbonyl (C=O) groups is 1. The minimum absolute atomic E-state index is 0.0591. The first-order valence-corrected chi connectivity index (χ1v) is 6.42. The third kappa shape index (κ3) is 2.36. The van der Waals surface area contributed by atoms with Gasteiger partial charge in [-0.05, 0) is 30.3 Å². The van der Waals surface area contributed by atoms with Crippen molar-refractivity contribution in [2.24, 2.45) is 0 Å². The summed E-state index contributed by atoms with van der Waals surface area (Å²) in [5, 5.41) is 3.84. The van der Waals surface area contributed by atoms with Gasteiger partial charge in [0.15, 0.2) is 0 Å². The van der Waals surface area contributed by atoms with E-state index >= 15 is 0 Å². The first-order chi connectivity index (χ1) is 9.74. The van der Waals surface area contributed by atoms with Crippen LogP contribution in [-0.4, -0.2) is 10.5 Å². The standard InChI is InChI=1S/C16H15N3O/c17-14-7-4-8-15-13(14)9-10-19(15)11-16(20)18-12-5-2-1-3-6-12/h1-10H,11,17H2,(H,18,20). The van der Waals surface area contributed by atoms with E-state index in [1.807, 2.05) is 65.4 Å². The fraction of sp³-hybridized carbons (Fsp3) is 0.0625. The number of aromatic nitrogens is 1. The molecular weight excluding hydrogens is 250 g/mol. The van der Waals surface area contributed by atoms with E-state index in [0.717, 1.165) is 22.3 Å². The van der Waals surface area contributed by atoms with Gasteiger partial charge in [-0.1, -0.05) is 24.3 Å². The summed E-state index contributed by atoms with van der Waals surface area (Å²) in [7, 11) is 0. The van der Waals surface area contributed by atoms with E-state index in [1.165, 1.54) is 0 Å². The minimum Gasteiger partial charge on any atom is -0.398 e. The average molecular weight is 265 g/mol. The van der Waals surface area contributed by atoms with Crippen LogP contribution in [0.1, 0.15) is 0 Å². The minimum atomic E-state index is -0.0591. The predicted molar refractivity (Wildman–Crippen MR) is 81.4 cm³/mol. The van der Waals surface area contributed by atoms with Crippen molar-refractivity contribution in [2.75, 3.05) is 11.1 Å². The molecule has 0 atom stereocenters. The SMILES string of the molecule is Nc1cccc2c1ccn2CC(=O)Nc1ccccc1. The molecule has 0 radical (unpaired) electrons. The van der Waals surface area contributed by atoms with Crippen molar-refractivity contribution in [3.05, 3.63) is 60.8 Å². The van der Waals surface area contributed by atoms with Crippen LogP contribution in [-0.2, 0) is 11.3 Å². The molecule has 3 aromatic rings. The predicted octanol–water partition coefficient (Wildman–Crippen LogP) is 2.86. The second kappa shape index (κ2) is 5.09. The fourth-order valence-electron chi connectivity index (χ4n) is 2.26. The normalized spacial score (nSPS) is 10.6. The number of amides is 1. The van der Waals surface area contributed by atoms with Crippen LogP contribution in [0.2, 0.25) is 0 Å². The van der Waals surface area contributed by atoms with Crippen LogP contribution in [0, 0.1) is 0 Å². The number of nitrogens with one attached hydrogen (secondary N) is 1. The molecule has 0 fully saturated rings. The molecule has 4 heteroatoms. The number of para-hydroxylation sites is 1. The number of nitrogen functional groups attached to an aromatic ring is 1. The van der Waals surface area contributed by atoms with Gasteiger partial charge in [0.1, 0.15) is 6.54 Å². The highest BCUT2D eigenvalue weighted by atomic mass is 16.1. The summed E-state index contributed by atoms with van der Waals surface area (Å²) < 4.78 is 1.89. The third-order valence-corrected chi connectivity index (χ3v) is 3.22. The van der Waals surface area contributed by atoms with Crippen molar-refractivity contribution in [3.8, 4) is 0 Å². The highest BCUT2D eigenvalue weighted by Gasteiger charge is 2.07. The van der Waals surface area contributed by atoms with Crippen molar-refractivity contribution in [1.29, 1.82) is 0 Å². The summed E-state index contributed by atoms with van der Waals surface area (Å²) in [6.45, 7) is 0.266. The first kappa shape index (κ1) is 12.3. The number of anilines is 2. The Balaban J connectivity index is 1.80. The second-order valence-electron chi connectivity index (χ2n) is 4.64. The van der Waals surface area contributed by atoms with Crippen LogP contribution in [0.25, 0.3) is 10.9 Å². The Bertz CT molecular complexity index is 747. The van der Waals surface area contributed by atoms with Crippen LogP contribution >= 0.6 is 0 Å². The summed E-state index contributed by atoms with van der Waals surface area (Å²) in [6.07, 6.45) is 1.88. The zero-order valence-electron chi connectivity index (χ0n) is 10.9. The number of carbonyl (C=O) groups excluding carboxylic acids is 1. The number of rotatable bonds is 3. The van der Waals surface area contributed by atoms with Crippen molar-refractivity contribution >= 4 is 28.2 Å². The monoisotopic (exact) mass is 265 g/mol. The Morgan fingerprint density at radius 2 is 1.85 bits per heavy atom. The van der Waals surface area contributed by atoms with Crippen molar-refractivity contribution in [1.82, 2.24) is 4.57 Å². The van der Waals surface area contributed by atoms with Gasteiger partial charge in [-0.15, -0.1) is 0 Å². The summed E-state index contributed by atoms with van der Waals surface area (Å²) in [5.41, 5.74) is 8.40. The molecule has 0 aliphatic heterocycles. The van der Waals surface area contributed by atoms with Crippen LogP contribution < -0.4 is 11.1 Å². The molecule has 0 saturated carbocycles. The van der Waals surface area contributed by atoms with Gasteiger partial charge in [-0.3, -0.25) is 4.79 Å². The number of fused-ring (bicyclic) bond motifs is 1. The zero-order valence-corrected chi connectivity index (χ0v) is 10.9. The smallest absolute Gasteiger partial charge is 0.244 e. The molecule has 1 amide bonds. The molecule has 1 aromatic heterocycles. The highest BCUT2D eigenvalue weighted by molar-refractivity contribution is 5.94. The molecule has 2 aromatic carbocycles. The topological polar surface area (TPSA) is 60.0 Å². The number of hydrogen-bond donors (Lipinski definition) is 2. The molecule has 3 N–H and O–H groups in total. The van der Waals surface area contributed by atoms with Gasteiger partial charge < -0.3 is 15.6 Å². The van der Waals surface area contributed by atoms with Gasteiger partial charge in [0.25, 0.3) is 0 Å². The van der Waals surface area contributed by atoms with E-state index in [1.54, 1.807) is 0 Å². The van der Waals surface area contributed by atoms with E-state index in [-0.39, 0.29) is 12.5 Å². The molecule has 100 valence electrons. The number of hydrogen-bond acceptors (Lipinski definition) is 2. The van der Waals surface area contributed by atoms with Gasteiger partial charge in [-0.2, -0.15) is 0 Å². The van der Waals surface area contributed by atoms with Crippen molar-refractivity contribution in [3.63, 3.8) is 0 Å². The van der Waals surface area contributed by atoms with E-state index in [2.05, 4.69) is 5.32 Å². The molecule has 0 aliphatic carbocycles. The fourth-order valence-corrected chi connectivity index (χ4v) is 2.26. The van der Waals surface area contributed by atoms with Gasteiger partial charge in [-0.25, -0.2) is 0 Å². The van der Waals surface area contributed by atoms with Crippen LogP contribution in [0.15, 0.2) is 60.8 Å². The van der Waals surface area contributed by atoms with Gasteiger partial charge in [0.05, 0.1) is 5.52 Å².